The number of rotatable bonds is 5. The zero-order valence-electron chi connectivity index (χ0n) is 14.6. The molecule has 0 radical (unpaired) electrons. The van der Waals surface area contributed by atoms with Gasteiger partial charge in [-0.3, -0.25) is 14.5 Å². The van der Waals surface area contributed by atoms with Crippen molar-refractivity contribution in [2.45, 2.75) is 38.3 Å². The third-order valence-corrected chi connectivity index (χ3v) is 4.05. The number of amides is 1. The van der Waals surface area contributed by atoms with Crippen LogP contribution in [0.1, 0.15) is 19.8 Å². The summed E-state index contributed by atoms with van der Waals surface area (Å²) in [5, 5.41) is -0.684. The van der Waals surface area contributed by atoms with Gasteiger partial charge in [0, 0.05) is 26.8 Å². The molecule has 142 valence electrons. The Morgan fingerprint density at radius 2 is 1.92 bits per heavy atom. The van der Waals surface area contributed by atoms with Crippen molar-refractivity contribution in [1.82, 2.24) is 0 Å². The van der Waals surface area contributed by atoms with E-state index in [4.69, 9.17) is 30.5 Å². The van der Waals surface area contributed by atoms with Gasteiger partial charge in [-0.15, -0.1) is 0 Å². The molecule has 0 saturated carbocycles. The lowest BCUT2D eigenvalue weighted by Gasteiger charge is -2.34. The first-order chi connectivity index (χ1) is 12.3. The summed E-state index contributed by atoms with van der Waals surface area (Å²) < 4.78 is 21.4. The normalized spacial score (nSPS) is 22.2. The molecule has 0 spiro atoms. The predicted molar refractivity (Wildman–Crippen MR) is 92.2 cm³/mol. The topological polar surface area (TPSA) is 91.4 Å². The third-order valence-electron chi connectivity index (χ3n) is 3.79. The van der Waals surface area contributed by atoms with Crippen molar-refractivity contribution in [2.75, 3.05) is 19.1 Å². The third kappa shape index (κ3) is 5.09. The number of methoxy groups -OCH3 is 1. The zero-order chi connectivity index (χ0) is 19.3. The Kier molecular flexibility index (Phi) is 6.82. The zero-order valence-corrected chi connectivity index (χ0v) is 15.4. The summed E-state index contributed by atoms with van der Waals surface area (Å²) in [6.07, 6.45) is -1.97. The second kappa shape index (κ2) is 8.86. The Balaban J connectivity index is 2.20. The average molecular weight is 386 g/mol. The van der Waals surface area contributed by atoms with E-state index in [9.17, 15) is 14.4 Å². The van der Waals surface area contributed by atoms with Gasteiger partial charge in [-0.25, -0.2) is 4.79 Å². The maximum absolute atomic E-state index is 11.8. The highest BCUT2D eigenvalue weighted by Gasteiger charge is 2.37. The number of nitrogens with zero attached hydrogens (tertiary/aromatic N) is 1. The molecule has 0 aromatic heterocycles. The molecule has 2 rings (SSSR count). The second-order valence-electron chi connectivity index (χ2n) is 5.68. The lowest BCUT2D eigenvalue weighted by molar-refractivity contribution is -0.204. The number of esters is 2. The molecule has 3 unspecified atom stereocenters. The van der Waals surface area contributed by atoms with E-state index < -0.39 is 35.8 Å². The van der Waals surface area contributed by atoms with E-state index in [0.29, 0.717) is 11.4 Å². The summed E-state index contributed by atoms with van der Waals surface area (Å²) in [5.41, 5.74) is 0.431. The van der Waals surface area contributed by atoms with E-state index in [1.165, 1.54) is 26.0 Å². The maximum atomic E-state index is 11.8. The minimum atomic E-state index is -0.928. The Hall–Kier alpha value is -2.32. The number of hydrogen-bond donors (Lipinski definition) is 0. The van der Waals surface area contributed by atoms with Gasteiger partial charge in [0.2, 0.25) is 6.29 Å². The van der Waals surface area contributed by atoms with Crippen molar-refractivity contribution in [3.8, 4) is 5.75 Å². The fourth-order valence-electron chi connectivity index (χ4n) is 2.60. The minimum absolute atomic E-state index is 0.174. The van der Waals surface area contributed by atoms with Crippen LogP contribution in [0.4, 0.5) is 10.5 Å². The molecule has 3 atom stereocenters. The first-order valence-electron chi connectivity index (χ1n) is 7.91. The van der Waals surface area contributed by atoms with Crippen LogP contribution >= 0.6 is 11.6 Å². The Morgan fingerprint density at radius 1 is 1.23 bits per heavy atom. The molecule has 1 aliphatic heterocycles. The number of benzene rings is 1. The van der Waals surface area contributed by atoms with Gasteiger partial charge in [0.25, 0.3) is 0 Å². The van der Waals surface area contributed by atoms with Crippen LogP contribution in [0.2, 0.25) is 0 Å². The standard InChI is InChI=1S/C17H20ClNO7/c1-10(20)24-11-8-14(16(21)23-3)26-15(9-11)25-13-7-5-4-6-12(13)19(2)17(18)22/h4-7,11,14-15H,8-9H2,1-3H3. The van der Waals surface area contributed by atoms with E-state index in [0.717, 1.165) is 0 Å². The van der Waals surface area contributed by atoms with E-state index in [1.807, 2.05) is 0 Å². The van der Waals surface area contributed by atoms with Crippen LogP contribution < -0.4 is 9.64 Å². The number of ether oxygens (including phenoxy) is 4. The molecule has 0 bridgehead atoms. The number of halogens is 1. The highest BCUT2D eigenvalue weighted by Crippen LogP contribution is 2.32. The molecule has 1 aromatic carbocycles. The van der Waals surface area contributed by atoms with E-state index in [2.05, 4.69) is 0 Å². The summed E-state index contributed by atoms with van der Waals surface area (Å²) in [7, 11) is 2.74. The molecular formula is C17H20ClNO7. The fourth-order valence-corrected chi connectivity index (χ4v) is 2.70. The number of carbonyl (C=O) groups excluding carboxylic acids is 3. The van der Waals surface area contributed by atoms with Crippen LogP contribution in [-0.2, 0) is 23.8 Å². The van der Waals surface area contributed by atoms with Crippen LogP contribution in [0, 0.1) is 0 Å². The highest BCUT2D eigenvalue weighted by atomic mass is 35.5. The Labute approximate surface area is 155 Å². The minimum Gasteiger partial charge on any atom is -0.467 e. The molecule has 26 heavy (non-hydrogen) atoms. The predicted octanol–water partition coefficient (Wildman–Crippen LogP) is 2.47. The molecule has 0 N–H and O–H groups in total. The summed E-state index contributed by atoms with van der Waals surface area (Å²) in [6, 6.07) is 6.73. The average Bonchev–Trinajstić information content (AvgIpc) is 2.60. The largest absolute Gasteiger partial charge is 0.467 e. The van der Waals surface area contributed by atoms with Gasteiger partial charge in [0.05, 0.1) is 12.8 Å². The number of para-hydroxylation sites is 2. The first kappa shape index (κ1) is 20.0. The van der Waals surface area contributed by atoms with Gasteiger partial charge in [0.1, 0.15) is 11.9 Å². The molecule has 9 heteroatoms. The summed E-state index contributed by atoms with van der Waals surface area (Å²) in [6.45, 7) is 1.29. The van der Waals surface area contributed by atoms with Crippen LogP contribution in [-0.4, -0.2) is 50.0 Å². The van der Waals surface area contributed by atoms with E-state index in [1.54, 1.807) is 24.3 Å². The van der Waals surface area contributed by atoms with Gasteiger partial charge in [-0.1, -0.05) is 12.1 Å². The Morgan fingerprint density at radius 3 is 2.54 bits per heavy atom. The highest BCUT2D eigenvalue weighted by molar-refractivity contribution is 6.66. The molecular weight excluding hydrogens is 366 g/mol. The molecule has 1 aromatic rings. The molecule has 1 aliphatic rings. The first-order valence-corrected chi connectivity index (χ1v) is 8.29. The molecule has 0 aliphatic carbocycles. The van der Waals surface area contributed by atoms with Gasteiger partial charge in [-0.05, 0) is 23.7 Å². The lowest BCUT2D eigenvalue weighted by atomic mass is 10.0. The van der Waals surface area contributed by atoms with Crippen LogP contribution in [0.3, 0.4) is 0 Å². The second-order valence-corrected chi connectivity index (χ2v) is 6.00. The SMILES string of the molecule is COC(=O)C1CC(OC(C)=O)CC(Oc2ccccc2N(C)C(=O)Cl)O1. The van der Waals surface area contributed by atoms with Gasteiger partial charge in [-0.2, -0.15) is 0 Å². The van der Waals surface area contributed by atoms with E-state index >= 15 is 0 Å². The fraction of sp³-hybridized carbons (Fsp3) is 0.471. The van der Waals surface area contributed by atoms with Crippen LogP contribution in [0.25, 0.3) is 0 Å². The molecule has 1 amide bonds. The van der Waals surface area contributed by atoms with Crippen molar-refractivity contribution >= 4 is 34.6 Å². The molecule has 1 heterocycles. The quantitative estimate of drug-likeness (QED) is 0.436. The van der Waals surface area contributed by atoms with Crippen molar-refractivity contribution < 1.29 is 33.3 Å². The van der Waals surface area contributed by atoms with E-state index in [-0.39, 0.29) is 12.8 Å². The summed E-state index contributed by atoms with van der Waals surface area (Å²) >= 11 is 5.52. The van der Waals surface area contributed by atoms with Crippen molar-refractivity contribution in [3.05, 3.63) is 24.3 Å². The maximum Gasteiger partial charge on any atom is 0.335 e. The van der Waals surface area contributed by atoms with Crippen molar-refractivity contribution in [1.29, 1.82) is 0 Å². The number of hydrogen-bond acceptors (Lipinski definition) is 7. The van der Waals surface area contributed by atoms with Gasteiger partial charge >= 0.3 is 17.3 Å². The van der Waals surface area contributed by atoms with Crippen molar-refractivity contribution in [3.63, 3.8) is 0 Å². The molecule has 1 saturated heterocycles. The monoisotopic (exact) mass is 385 g/mol. The number of carbonyl (C=O) groups is 3. The Bertz CT molecular complexity index is 681. The lowest BCUT2D eigenvalue weighted by Crippen LogP contribution is -2.44. The molecule has 1 fully saturated rings. The summed E-state index contributed by atoms with van der Waals surface area (Å²) in [4.78, 5) is 35.7. The summed E-state index contributed by atoms with van der Waals surface area (Å²) in [5.74, 6) is -0.718. The number of anilines is 1. The smallest absolute Gasteiger partial charge is 0.335 e. The van der Waals surface area contributed by atoms with Gasteiger partial charge < -0.3 is 18.9 Å². The van der Waals surface area contributed by atoms with Crippen LogP contribution in [0.15, 0.2) is 24.3 Å². The molecule has 8 nitrogen and oxygen atoms in total. The van der Waals surface area contributed by atoms with Crippen molar-refractivity contribution in [2.24, 2.45) is 0 Å². The van der Waals surface area contributed by atoms with Gasteiger partial charge in [0.15, 0.2) is 6.10 Å². The van der Waals surface area contributed by atoms with Crippen LogP contribution in [0.5, 0.6) is 5.75 Å².